The Morgan fingerprint density at radius 2 is 2.07 bits per heavy atom. The van der Waals surface area contributed by atoms with Crippen molar-refractivity contribution in [2.75, 3.05) is 13.2 Å². The van der Waals surface area contributed by atoms with Crippen LogP contribution in [-0.4, -0.2) is 91.6 Å². The number of thiazole rings is 1. The third kappa shape index (κ3) is 6.39. The van der Waals surface area contributed by atoms with Gasteiger partial charge in [0.05, 0.1) is 24.7 Å². The number of β-lactam (4-membered cyclic amide) rings is 1. The van der Waals surface area contributed by atoms with E-state index in [2.05, 4.69) is 27.2 Å². The number of carbonyl (C=O) groups excluding carboxylic acids is 1. The Hall–Kier alpha value is -2.48. The van der Waals surface area contributed by atoms with E-state index >= 15 is 0 Å². The van der Waals surface area contributed by atoms with Gasteiger partial charge in [0.1, 0.15) is 24.1 Å². The quantitative estimate of drug-likeness (QED) is 0.139. The van der Waals surface area contributed by atoms with Gasteiger partial charge in [-0.15, -0.1) is 11.8 Å². The topological polar surface area (TPSA) is 176 Å². The van der Waals surface area contributed by atoms with Crippen LogP contribution < -0.4 is 9.88 Å². The molecule has 2 saturated heterocycles. The average Bonchev–Trinajstić information content (AvgIpc) is 3.61. The number of hydrogen-bond acceptors (Lipinski definition) is 10. The van der Waals surface area contributed by atoms with Crippen LogP contribution in [0, 0.1) is 11.8 Å². The Morgan fingerprint density at radius 3 is 2.64 bits per heavy atom. The maximum Gasteiger partial charge on any atom is 0.485 e. The van der Waals surface area contributed by atoms with Crippen LogP contribution in [0.25, 0.3) is 10.9 Å². The molecule has 0 spiro atoms. The van der Waals surface area contributed by atoms with Crippen molar-refractivity contribution in [2.24, 2.45) is 11.8 Å². The number of aromatic nitrogens is 2. The van der Waals surface area contributed by atoms with Gasteiger partial charge in [0.25, 0.3) is 0 Å². The summed E-state index contributed by atoms with van der Waals surface area (Å²) >= 11 is 3.21. The molecule has 18 heteroatoms. The minimum absolute atomic E-state index is 0.0906. The number of amides is 1. The first-order valence-corrected chi connectivity index (χ1v) is 15.9. The number of carboxylic acid groups (broad SMARTS) is 1. The zero-order valence-electron chi connectivity index (χ0n) is 22.3. The fraction of sp³-hybridized carbons (Fsp3) is 0.542. The van der Waals surface area contributed by atoms with Gasteiger partial charge in [0.2, 0.25) is 17.1 Å². The maximum atomic E-state index is 12.5. The maximum absolute atomic E-state index is 12.5. The second kappa shape index (κ2) is 12.3. The van der Waals surface area contributed by atoms with Crippen LogP contribution in [0.5, 0.6) is 0 Å². The summed E-state index contributed by atoms with van der Waals surface area (Å²) < 4.78 is 63.0. The molecule has 4 N–H and O–H groups in total. The largest absolute Gasteiger partial charge is 0.741 e. The number of nitrogens with zero attached hydrogens (tertiary/aromatic N) is 3. The molecule has 2 fully saturated rings. The van der Waals surface area contributed by atoms with Gasteiger partial charge in [-0.3, -0.25) is 4.79 Å². The zero-order valence-corrected chi connectivity index (χ0v) is 24.7. The standard InChI is InChI=1S/C23H28N4O5S2.CHF3O3S/c1-12-19-18(13(2)29)22(30)27(19)20(23(31)32)21(12)34-16-7-14(24-8-16)3-4-15-10-33-17-9-25(5-6-28)11-26(15)17;2-1(3,4)8(5,6)7/h3-4,9-14,16,18-19,24,28-29H,5-8H2,1-2H3;(H,5,6,7)/b4-3-;/t12-,13-,14-,16+,18-,19-;/m1./s1. The van der Waals surface area contributed by atoms with E-state index in [1.165, 1.54) is 4.90 Å². The molecule has 5 heterocycles. The van der Waals surface area contributed by atoms with Crippen LogP contribution in [0.1, 0.15) is 26.0 Å². The van der Waals surface area contributed by atoms with E-state index in [-0.39, 0.29) is 41.5 Å². The summed E-state index contributed by atoms with van der Waals surface area (Å²) in [5, 5.41) is 34.8. The second-order valence-corrected chi connectivity index (χ2v) is 13.7. The Labute approximate surface area is 246 Å². The predicted molar refractivity (Wildman–Crippen MR) is 145 cm³/mol. The Morgan fingerprint density at radius 1 is 1.40 bits per heavy atom. The van der Waals surface area contributed by atoms with E-state index < -0.39 is 33.6 Å². The molecule has 0 unspecified atom stereocenters. The molecule has 0 aromatic carbocycles. The number of carbonyl (C=O) groups is 2. The molecular weight excluding hydrogens is 625 g/mol. The molecule has 6 atom stereocenters. The van der Waals surface area contributed by atoms with Crippen LogP contribution in [0.4, 0.5) is 13.2 Å². The summed E-state index contributed by atoms with van der Waals surface area (Å²) in [6, 6.07) is -0.107. The number of carboxylic acids is 1. The van der Waals surface area contributed by atoms with E-state index in [1.54, 1.807) is 30.0 Å². The fourth-order valence-electron chi connectivity index (χ4n) is 5.30. The Kier molecular flexibility index (Phi) is 9.46. The lowest BCUT2D eigenvalue weighted by Gasteiger charge is -2.46. The van der Waals surface area contributed by atoms with Crippen LogP contribution >= 0.6 is 23.1 Å². The molecule has 3 aliphatic heterocycles. The number of hydrogen-bond donors (Lipinski definition) is 4. The number of imidazole rings is 1. The molecule has 2 aromatic heterocycles. The van der Waals surface area contributed by atoms with Crippen LogP contribution in [0.3, 0.4) is 0 Å². The van der Waals surface area contributed by atoms with Gasteiger partial charge in [0.15, 0.2) is 10.1 Å². The molecule has 0 bridgehead atoms. The van der Waals surface area contributed by atoms with Crippen molar-refractivity contribution < 1.29 is 55.6 Å². The van der Waals surface area contributed by atoms with Crippen molar-refractivity contribution in [3.8, 4) is 0 Å². The number of nitrogens with one attached hydrogen (secondary N) is 1. The molecule has 232 valence electrons. The molecule has 0 saturated carbocycles. The van der Waals surface area contributed by atoms with Crippen molar-refractivity contribution in [3.05, 3.63) is 40.3 Å². The monoisotopic (exact) mass is 654 g/mol. The normalized spacial score (nSPS) is 26.9. The Bertz CT molecular complexity index is 1520. The van der Waals surface area contributed by atoms with Gasteiger partial charge in [-0.1, -0.05) is 24.3 Å². The van der Waals surface area contributed by atoms with Gasteiger partial charge < -0.3 is 30.1 Å². The van der Waals surface area contributed by atoms with Crippen LogP contribution in [0.15, 0.2) is 34.6 Å². The number of aliphatic carboxylic acids is 1. The van der Waals surface area contributed by atoms with Crippen LogP contribution in [-0.2, 0) is 26.3 Å². The molecule has 2 aromatic rings. The van der Waals surface area contributed by atoms with E-state index in [0.29, 0.717) is 6.54 Å². The summed E-state index contributed by atoms with van der Waals surface area (Å²) in [5.74, 6) is -2.02. The van der Waals surface area contributed by atoms with Gasteiger partial charge in [-0.2, -0.15) is 17.6 Å². The molecule has 3 aliphatic rings. The highest BCUT2D eigenvalue weighted by Gasteiger charge is 2.60. The summed E-state index contributed by atoms with van der Waals surface area (Å²) in [5.41, 5.74) is -4.48. The van der Waals surface area contributed by atoms with E-state index in [0.717, 1.165) is 28.4 Å². The third-order valence-electron chi connectivity index (χ3n) is 7.23. The fourth-order valence-corrected chi connectivity index (χ4v) is 7.69. The lowest BCUT2D eigenvalue weighted by molar-refractivity contribution is -0.696. The number of rotatable bonds is 8. The molecule has 5 rings (SSSR count). The summed E-state index contributed by atoms with van der Waals surface area (Å²) in [4.78, 5) is 27.8. The van der Waals surface area contributed by atoms with E-state index in [9.17, 15) is 33.0 Å². The lowest BCUT2D eigenvalue weighted by atomic mass is 9.79. The Balaban J connectivity index is 0.000000446. The molecule has 0 radical (unpaired) electrons. The first kappa shape index (κ1) is 32.4. The first-order valence-electron chi connectivity index (χ1n) is 12.7. The highest BCUT2D eigenvalue weighted by molar-refractivity contribution is 8.03. The predicted octanol–water partition coefficient (Wildman–Crippen LogP) is 0.963. The zero-order chi connectivity index (χ0) is 31.1. The molecular formula is C24H29F3N4O8S3. The SMILES string of the molecule is C[C@@H](O)[C@H]1C(=O)N2C(C(=O)O)=C(S[C@@H]3CN[C@H](/C=C\c4csc5c[n+](CCO)cn45)C3)[C@H](C)[C@H]12.O=S(=O)([O-])C(F)(F)F. The smallest absolute Gasteiger partial charge is 0.485 e. The number of thioether (sulfide) groups is 1. The van der Waals surface area contributed by atoms with Crippen molar-refractivity contribution >= 4 is 56.0 Å². The third-order valence-corrected chi connectivity index (χ3v) is 10.2. The summed E-state index contributed by atoms with van der Waals surface area (Å²) in [6.45, 7) is 4.97. The van der Waals surface area contributed by atoms with E-state index in [1.807, 2.05) is 24.0 Å². The van der Waals surface area contributed by atoms with Gasteiger partial charge in [0, 0.05) is 34.0 Å². The number of aliphatic hydroxyl groups is 2. The number of alkyl halides is 3. The molecule has 0 aliphatic carbocycles. The highest BCUT2D eigenvalue weighted by atomic mass is 32.2. The highest BCUT2D eigenvalue weighted by Crippen LogP contribution is 2.51. The minimum Gasteiger partial charge on any atom is -0.741 e. The van der Waals surface area contributed by atoms with Crippen LogP contribution in [0.2, 0.25) is 0 Å². The summed E-state index contributed by atoms with van der Waals surface area (Å²) in [7, 11) is -6.09. The number of fused-ring (bicyclic) bond motifs is 2. The molecule has 42 heavy (non-hydrogen) atoms. The van der Waals surface area contributed by atoms with E-state index in [4.69, 9.17) is 18.1 Å². The number of halogens is 3. The molecule has 1 amide bonds. The van der Waals surface area contributed by atoms with Crippen molar-refractivity contribution in [2.45, 2.75) is 55.8 Å². The molecule has 12 nitrogen and oxygen atoms in total. The lowest BCUT2D eigenvalue weighted by Crippen LogP contribution is -2.63. The average molecular weight is 655 g/mol. The van der Waals surface area contributed by atoms with Crippen molar-refractivity contribution in [1.29, 1.82) is 0 Å². The minimum atomic E-state index is -6.09. The van der Waals surface area contributed by atoms with Gasteiger partial charge in [-0.25, -0.2) is 17.8 Å². The van der Waals surface area contributed by atoms with Gasteiger partial charge in [-0.05, 0) is 19.4 Å². The number of aliphatic hydroxyl groups excluding tert-OH is 2. The van der Waals surface area contributed by atoms with Crippen molar-refractivity contribution in [3.63, 3.8) is 0 Å². The summed E-state index contributed by atoms with van der Waals surface area (Å²) in [6.07, 6.45) is 8.30. The first-order chi connectivity index (χ1) is 19.5. The second-order valence-electron chi connectivity index (χ2n) is 10.1. The van der Waals surface area contributed by atoms with Crippen molar-refractivity contribution in [1.82, 2.24) is 14.6 Å². The van der Waals surface area contributed by atoms with Gasteiger partial charge >= 0.3 is 11.5 Å².